The maximum absolute atomic E-state index is 15.4. The number of carbonyl (C=O) groups is 3. The molecule has 1 aromatic carbocycles. The number of cyclic esters (lactones) is 1. The predicted molar refractivity (Wildman–Crippen MR) is 152 cm³/mol. The fraction of sp³-hybridized carbons (Fsp3) is 0.407. The highest BCUT2D eigenvalue weighted by Gasteiger charge is 2.38. The van der Waals surface area contributed by atoms with E-state index in [4.69, 9.17) is 19.6 Å². The van der Waals surface area contributed by atoms with Gasteiger partial charge in [0.25, 0.3) is 17.8 Å². The van der Waals surface area contributed by atoms with Crippen LogP contribution in [0.3, 0.4) is 0 Å². The number of nitrogens with two attached hydrogens (primary N) is 1. The molecule has 4 rings (SSSR count). The average Bonchev–Trinajstić information content (AvgIpc) is 3.68. The molecule has 14 nitrogen and oxygen atoms in total. The molecule has 0 spiro atoms. The summed E-state index contributed by atoms with van der Waals surface area (Å²) in [7, 11) is 2.95. The number of amides is 3. The number of carbonyl (C=O) groups excluding carboxylic acids is 3. The Bertz CT molecular complexity index is 1360. The van der Waals surface area contributed by atoms with Crippen molar-refractivity contribution in [2.45, 2.75) is 19.1 Å². The van der Waals surface area contributed by atoms with Crippen molar-refractivity contribution in [2.24, 2.45) is 10.8 Å². The van der Waals surface area contributed by atoms with Gasteiger partial charge in [0.2, 0.25) is 0 Å². The topological polar surface area (TPSA) is 149 Å². The van der Waals surface area contributed by atoms with Gasteiger partial charge in [-0.1, -0.05) is 0 Å². The SMILES string of the molecule is C=NN(/C=C\N)C[C@H]1CN(c2cc(F)c(N(CC)CCN3C[C@H](NC(=O)c4ccc(OC)o4)C(=O)N3C)c(F)c2)C(=O)O1. The molecule has 2 saturated heterocycles. The number of halogens is 2. The Morgan fingerprint density at radius 3 is 2.60 bits per heavy atom. The molecule has 1 aromatic heterocycles. The highest BCUT2D eigenvalue weighted by atomic mass is 19.1. The molecule has 2 aromatic rings. The fourth-order valence-electron chi connectivity index (χ4n) is 4.88. The fourth-order valence-corrected chi connectivity index (χ4v) is 4.88. The third-order valence-corrected chi connectivity index (χ3v) is 7.09. The Kier molecular flexibility index (Phi) is 9.70. The van der Waals surface area contributed by atoms with Crippen molar-refractivity contribution >= 4 is 36.0 Å². The van der Waals surface area contributed by atoms with Gasteiger partial charge < -0.3 is 29.8 Å². The van der Waals surface area contributed by atoms with Crippen LogP contribution in [0.15, 0.2) is 46.2 Å². The molecule has 2 fully saturated rings. The van der Waals surface area contributed by atoms with Crippen molar-refractivity contribution in [3.63, 3.8) is 0 Å². The highest BCUT2D eigenvalue weighted by molar-refractivity contribution is 5.96. The molecule has 0 unspecified atom stereocenters. The minimum Gasteiger partial charge on any atom is -0.468 e. The summed E-state index contributed by atoms with van der Waals surface area (Å²) < 4.78 is 46.2. The minimum absolute atomic E-state index is 0.00508. The van der Waals surface area contributed by atoms with Crippen LogP contribution in [-0.4, -0.2) is 105 Å². The first-order valence-corrected chi connectivity index (χ1v) is 13.4. The molecular weight excluding hydrogens is 570 g/mol. The number of nitrogens with one attached hydrogen (secondary N) is 1. The number of hydrogen-bond donors (Lipinski definition) is 2. The monoisotopic (exact) mass is 604 g/mol. The number of likely N-dealkylation sites (N-methyl/N-ethyl adjacent to an activating group) is 2. The standard InChI is InChI=1S/C27H34F2N8O6/c1-5-34(10-11-36-16-21(26(39)33(36)3)32-25(38)22-6-7-23(41-4)43-22)24-19(28)12-17(13-20(24)29)37-15-18(42-27(37)40)14-35(31-2)9-8-30/h6-9,12-13,18,21H,2,5,10-11,14-16,30H2,1,3-4H3,(H,32,38)/b9-8-/t18-,21-/m0/s1. The molecule has 16 heteroatoms. The van der Waals surface area contributed by atoms with Gasteiger partial charge in [-0.2, -0.15) is 5.10 Å². The molecule has 3 N–H and O–H groups in total. The van der Waals surface area contributed by atoms with Crippen LogP contribution in [0.1, 0.15) is 17.5 Å². The number of rotatable bonds is 13. The Labute approximate surface area is 246 Å². The zero-order chi connectivity index (χ0) is 31.3. The van der Waals surface area contributed by atoms with Crippen LogP contribution in [0.2, 0.25) is 0 Å². The first-order chi connectivity index (χ1) is 20.6. The normalized spacial score (nSPS) is 18.8. The van der Waals surface area contributed by atoms with Gasteiger partial charge in [-0.3, -0.25) is 24.5 Å². The average molecular weight is 605 g/mol. The van der Waals surface area contributed by atoms with E-state index in [0.717, 1.165) is 17.0 Å². The zero-order valence-electron chi connectivity index (χ0n) is 24.0. The van der Waals surface area contributed by atoms with Crippen LogP contribution < -0.4 is 25.6 Å². The van der Waals surface area contributed by atoms with Crippen molar-refractivity contribution in [2.75, 3.05) is 63.2 Å². The third-order valence-electron chi connectivity index (χ3n) is 7.09. The quantitative estimate of drug-likeness (QED) is 0.255. The summed E-state index contributed by atoms with van der Waals surface area (Å²) in [5, 5.41) is 10.8. The van der Waals surface area contributed by atoms with Crippen LogP contribution in [0.5, 0.6) is 5.95 Å². The van der Waals surface area contributed by atoms with Crippen molar-refractivity contribution in [1.29, 1.82) is 0 Å². The van der Waals surface area contributed by atoms with E-state index in [9.17, 15) is 14.4 Å². The Hall–Kier alpha value is -4.86. The largest absolute Gasteiger partial charge is 0.468 e. The molecular formula is C27H34F2N8O6. The van der Waals surface area contributed by atoms with Crippen LogP contribution >= 0.6 is 0 Å². The lowest BCUT2D eigenvalue weighted by Crippen LogP contribution is -2.42. The lowest BCUT2D eigenvalue weighted by atomic mass is 10.2. The predicted octanol–water partition coefficient (Wildman–Crippen LogP) is 1.55. The van der Waals surface area contributed by atoms with Crippen LogP contribution in [0.4, 0.5) is 25.0 Å². The molecule has 3 heterocycles. The van der Waals surface area contributed by atoms with Gasteiger partial charge in [-0.05, 0) is 13.0 Å². The maximum atomic E-state index is 15.4. The second-order valence-electron chi connectivity index (χ2n) is 9.68. The molecule has 2 atom stereocenters. The van der Waals surface area contributed by atoms with E-state index in [1.54, 1.807) is 19.0 Å². The van der Waals surface area contributed by atoms with Gasteiger partial charge in [0.15, 0.2) is 17.4 Å². The summed E-state index contributed by atoms with van der Waals surface area (Å²) in [4.78, 5) is 40.4. The van der Waals surface area contributed by atoms with Crippen molar-refractivity contribution in [1.82, 2.24) is 20.3 Å². The zero-order valence-corrected chi connectivity index (χ0v) is 24.0. The molecule has 43 heavy (non-hydrogen) atoms. The van der Waals surface area contributed by atoms with Crippen LogP contribution in [0, 0.1) is 11.6 Å². The Morgan fingerprint density at radius 2 is 2.00 bits per heavy atom. The molecule has 2 aliphatic heterocycles. The molecule has 0 aliphatic carbocycles. The number of hydrogen-bond acceptors (Lipinski definition) is 11. The van der Waals surface area contributed by atoms with Crippen LogP contribution in [-0.2, 0) is 9.53 Å². The summed E-state index contributed by atoms with van der Waals surface area (Å²) in [5.41, 5.74) is 5.11. The molecule has 0 bridgehead atoms. The summed E-state index contributed by atoms with van der Waals surface area (Å²) in [5.74, 6) is -2.50. The van der Waals surface area contributed by atoms with Gasteiger partial charge in [0.05, 0.1) is 25.9 Å². The lowest BCUT2D eigenvalue weighted by Gasteiger charge is -2.29. The van der Waals surface area contributed by atoms with E-state index in [1.807, 2.05) is 0 Å². The van der Waals surface area contributed by atoms with Gasteiger partial charge in [-0.15, -0.1) is 0 Å². The first kappa shape index (κ1) is 31.1. The first-order valence-electron chi connectivity index (χ1n) is 13.4. The van der Waals surface area contributed by atoms with E-state index in [1.165, 1.54) is 46.6 Å². The van der Waals surface area contributed by atoms with Gasteiger partial charge in [-0.25, -0.2) is 18.6 Å². The summed E-state index contributed by atoms with van der Waals surface area (Å²) in [6, 6.07) is 4.23. The minimum atomic E-state index is -0.863. The van der Waals surface area contributed by atoms with Gasteiger partial charge >= 0.3 is 6.09 Å². The summed E-state index contributed by atoms with van der Waals surface area (Å²) in [6.45, 7) is 6.14. The number of benzene rings is 1. The number of hydrazone groups is 1. The van der Waals surface area contributed by atoms with E-state index >= 15 is 8.78 Å². The molecule has 0 saturated carbocycles. The van der Waals surface area contributed by atoms with E-state index < -0.39 is 35.8 Å². The number of nitrogens with zero attached hydrogens (tertiary/aromatic N) is 6. The number of hydrazine groups is 1. The second-order valence-corrected chi connectivity index (χ2v) is 9.68. The molecule has 3 amide bonds. The summed E-state index contributed by atoms with van der Waals surface area (Å²) in [6.07, 6.45) is 1.31. The van der Waals surface area contributed by atoms with Crippen molar-refractivity contribution in [3.8, 4) is 5.95 Å². The number of furan rings is 1. The van der Waals surface area contributed by atoms with E-state index in [0.29, 0.717) is 0 Å². The van der Waals surface area contributed by atoms with E-state index in [-0.39, 0.29) is 68.3 Å². The molecule has 0 radical (unpaired) electrons. The Morgan fingerprint density at radius 1 is 1.28 bits per heavy atom. The summed E-state index contributed by atoms with van der Waals surface area (Å²) >= 11 is 0. The smallest absolute Gasteiger partial charge is 0.414 e. The maximum Gasteiger partial charge on any atom is 0.414 e. The third kappa shape index (κ3) is 6.80. The van der Waals surface area contributed by atoms with Gasteiger partial charge in [0.1, 0.15) is 17.8 Å². The number of anilines is 2. The van der Waals surface area contributed by atoms with Gasteiger partial charge in [0, 0.05) is 70.5 Å². The number of methoxy groups -OCH3 is 1. The van der Waals surface area contributed by atoms with Crippen molar-refractivity contribution in [3.05, 3.63) is 54.1 Å². The number of ether oxygens (including phenoxy) is 2. The second kappa shape index (κ2) is 13.4. The highest BCUT2D eigenvalue weighted by Crippen LogP contribution is 2.31. The van der Waals surface area contributed by atoms with Crippen molar-refractivity contribution < 1.29 is 37.1 Å². The molecule has 2 aliphatic rings. The van der Waals surface area contributed by atoms with E-state index in [2.05, 4.69) is 17.1 Å². The molecule has 232 valence electrons. The Balaban J connectivity index is 1.39. The van der Waals surface area contributed by atoms with Crippen LogP contribution in [0.25, 0.3) is 0 Å². The lowest BCUT2D eigenvalue weighted by molar-refractivity contribution is -0.136.